The van der Waals surface area contributed by atoms with Crippen LogP contribution >= 0.6 is 23.2 Å². The number of halogens is 2. The Morgan fingerprint density at radius 3 is 2.78 bits per heavy atom. The molecule has 2 aromatic carbocycles. The number of hydrogen-bond donors (Lipinski definition) is 1. The van der Waals surface area contributed by atoms with Crippen molar-refractivity contribution < 1.29 is 9.53 Å². The molecular weight excluding hydrogens is 387 g/mol. The van der Waals surface area contributed by atoms with E-state index in [2.05, 4.69) is 29.5 Å². The average Bonchev–Trinajstić information content (AvgIpc) is 3.11. The number of nitrogens with one attached hydrogen (secondary N) is 1. The summed E-state index contributed by atoms with van der Waals surface area (Å²) in [6, 6.07) is 12.2. The molecule has 8 heteroatoms. The highest BCUT2D eigenvalue weighted by Crippen LogP contribution is 2.27. The third kappa shape index (κ3) is 4.78. The van der Waals surface area contributed by atoms with E-state index in [-0.39, 0.29) is 18.4 Å². The zero-order valence-corrected chi connectivity index (χ0v) is 16.3. The second-order valence-electron chi connectivity index (χ2n) is 6.19. The first-order valence-corrected chi connectivity index (χ1v) is 9.08. The molecule has 0 radical (unpaired) electrons. The molecule has 3 rings (SSSR count). The smallest absolute Gasteiger partial charge is 0.262 e. The van der Waals surface area contributed by atoms with E-state index in [0.717, 1.165) is 11.4 Å². The summed E-state index contributed by atoms with van der Waals surface area (Å²) in [5, 5.41) is 11.7. The van der Waals surface area contributed by atoms with Crippen LogP contribution in [-0.4, -0.2) is 27.5 Å². The van der Waals surface area contributed by atoms with Gasteiger partial charge in [0.15, 0.2) is 6.61 Å². The van der Waals surface area contributed by atoms with Crippen LogP contribution in [0.25, 0.3) is 5.69 Å². The number of aromatic nitrogens is 3. The molecule has 0 fully saturated rings. The molecule has 1 heterocycles. The summed E-state index contributed by atoms with van der Waals surface area (Å²) in [4.78, 5) is 12.2. The molecule has 0 aliphatic heterocycles. The van der Waals surface area contributed by atoms with Gasteiger partial charge in [0.25, 0.3) is 5.91 Å². The van der Waals surface area contributed by atoms with E-state index in [1.54, 1.807) is 35.1 Å². The third-order valence-electron chi connectivity index (χ3n) is 3.79. The SMILES string of the molecule is CC(C)c1cnnn1-c1cccc(NC(=O)COc2ccc(Cl)cc2Cl)c1. The van der Waals surface area contributed by atoms with Crippen LogP contribution in [0.3, 0.4) is 0 Å². The maximum absolute atomic E-state index is 12.2. The highest BCUT2D eigenvalue weighted by molar-refractivity contribution is 6.35. The first kappa shape index (κ1) is 19.2. The fraction of sp³-hybridized carbons (Fsp3) is 0.211. The van der Waals surface area contributed by atoms with E-state index in [1.807, 2.05) is 18.2 Å². The minimum atomic E-state index is -0.305. The predicted octanol–water partition coefficient (Wildman–Crippen LogP) is 4.72. The maximum atomic E-state index is 12.2. The van der Waals surface area contributed by atoms with Crippen LogP contribution in [0.1, 0.15) is 25.5 Å². The highest BCUT2D eigenvalue weighted by atomic mass is 35.5. The van der Waals surface area contributed by atoms with Crippen molar-refractivity contribution in [1.29, 1.82) is 0 Å². The second kappa shape index (κ2) is 8.41. The minimum Gasteiger partial charge on any atom is -0.482 e. The molecule has 0 atom stereocenters. The van der Waals surface area contributed by atoms with Crippen molar-refractivity contribution in [2.24, 2.45) is 0 Å². The predicted molar refractivity (Wildman–Crippen MR) is 106 cm³/mol. The van der Waals surface area contributed by atoms with Crippen LogP contribution in [0.4, 0.5) is 5.69 Å². The van der Waals surface area contributed by atoms with Gasteiger partial charge in [-0.2, -0.15) is 0 Å². The summed E-state index contributed by atoms with van der Waals surface area (Å²) in [5.74, 6) is 0.366. The Morgan fingerprint density at radius 1 is 1.22 bits per heavy atom. The summed E-state index contributed by atoms with van der Waals surface area (Å²) < 4.78 is 7.20. The summed E-state index contributed by atoms with van der Waals surface area (Å²) in [7, 11) is 0. The van der Waals surface area contributed by atoms with Crippen LogP contribution in [0.15, 0.2) is 48.7 Å². The molecular formula is C19H18Cl2N4O2. The lowest BCUT2D eigenvalue weighted by Gasteiger charge is -2.11. The van der Waals surface area contributed by atoms with Crippen molar-refractivity contribution in [3.8, 4) is 11.4 Å². The zero-order chi connectivity index (χ0) is 19.4. The first-order valence-electron chi connectivity index (χ1n) is 8.33. The number of rotatable bonds is 6. The van der Waals surface area contributed by atoms with Gasteiger partial charge in [0.2, 0.25) is 0 Å². The number of amides is 1. The lowest BCUT2D eigenvalue weighted by Crippen LogP contribution is -2.20. The first-order chi connectivity index (χ1) is 12.9. The summed E-state index contributed by atoms with van der Waals surface area (Å²) in [6.45, 7) is 3.96. The van der Waals surface area contributed by atoms with Crippen LogP contribution in [0, 0.1) is 0 Å². The van der Waals surface area contributed by atoms with Gasteiger partial charge in [-0.1, -0.05) is 48.3 Å². The molecule has 140 valence electrons. The Labute approximate surface area is 167 Å². The molecule has 0 aliphatic rings. The molecule has 0 saturated heterocycles. The van der Waals surface area contributed by atoms with Crippen molar-refractivity contribution in [2.75, 3.05) is 11.9 Å². The average molecular weight is 405 g/mol. The van der Waals surface area contributed by atoms with Gasteiger partial charge in [0, 0.05) is 10.7 Å². The molecule has 6 nitrogen and oxygen atoms in total. The lowest BCUT2D eigenvalue weighted by atomic mass is 10.1. The van der Waals surface area contributed by atoms with Gasteiger partial charge in [0.05, 0.1) is 22.6 Å². The molecule has 0 spiro atoms. The maximum Gasteiger partial charge on any atom is 0.262 e. The molecule has 1 amide bonds. The fourth-order valence-corrected chi connectivity index (χ4v) is 2.95. The number of benzene rings is 2. The Balaban J connectivity index is 1.67. The minimum absolute atomic E-state index is 0.174. The van der Waals surface area contributed by atoms with E-state index < -0.39 is 0 Å². The number of anilines is 1. The zero-order valence-electron chi connectivity index (χ0n) is 14.8. The molecule has 1 aromatic heterocycles. The Morgan fingerprint density at radius 2 is 2.04 bits per heavy atom. The molecule has 1 N–H and O–H groups in total. The van der Waals surface area contributed by atoms with Crippen molar-refractivity contribution >= 4 is 34.8 Å². The van der Waals surface area contributed by atoms with Crippen molar-refractivity contribution in [2.45, 2.75) is 19.8 Å². The van der Waals surface area contributed by atoms with Crippen LogP contribution in [-0.2, 0) is 4.79 Å². The molecule has 0 aliphatic carbocycles. The molecule has 27 heavy (non-hydrogen) atoms. The van der Waals surface area contributed by atoms with E-state index in [0.29, 0.717) is 21.5 Å². The van der Waals surface area contributed by atoms with Gasteiger partial charge in [-0.05, 0) is 42.3 Å². The monoisotopic (exact) mass is 404 g/mol. The molecule has 0 saturated carbocycles. The quantitative estimate of drug-likeness (QED) is 0.645. The summed E-state index contributed by atoms with van der Waals surface area (Å²) in [5.41, 5.74) is 2.43. The number of nitrogens with zero attached hydrogens (tertiary/aromatic N) is 3. The molecule has 3 aromatic rings. The van der Waals surface area contributed by atoms with Crippen molar-refractivity contribution in [3.63, 3.8) is 0 Å². The van der Waals surface area contributed by atoms with Crippen molar-refractivity contribution in [1.82, 2.24) is 15.0 Å². The van der Waals surface area contributed by atoms with E-state index >= 15 is 0 Å². The number of hydrogen-bond acceptors (Lipinski definition) is 4. The fourth-order valence-electron chi connectivity index (χ4n) is 2.49. The number of carbonyl (C=O) groups is 1. The Bertz CT molecular complexity index is 956. The Hall–Kier alpha value is -2.57. The van der Waals surface area contributed by atoms with Crippen molar-refractivity contribution in [3.05, 3.63) is 64.4 Å². The highest BCUT2D eigenvalue weighted by Gasteiger charge is 2.11. The van der Waals surface area contributed by atoms with E-state index in [9.17, 15) is 4.79 Å². The van der Waals surface area contributed by atoms with E-state index in [4.69, 9.17) is 27.9 Å². The number of carbonyl (C=O) groups excluding carboxylic acids is 1. The topological polar surface area (TPSA) is 69.0 Å². The standard InChI is InChI=1S/C19H18Cl2N4O2/c1-12(2)17-10-22-24-25(17)15-5-3-4-14(9-15)23-19(26)11-27-18-7-6-13(20)8-16(18)21/h3-10,12H,11H2,1-2H3,(H,23,26). The van der Waals surface area contributed by atoms with E-state index in [1.165, 1.54) is 0 Å². The summed E-state index contributed by atoms with van der Waals surface area (Å²) >= 11 is 11.9. The largest absolute Gasteiger partial charge is 0.482 e. The van der Waals surface area contributed by atoms with Crippen LogP contribution < -0.4 is 10.1 Å². The molecule has 0 bridgehead atoms. The van der Waals surface area contributed by atoms with Gasteiger partial charge in [0.1, 0.15) is 5.75 Å². The normalized spacial score (nSPS) is 10.9. The Kier molecular flexibility index (Phi) is 5.98. The number of ether oxygens (including phenoxy) is 1. The van der Waals surface area contributed by atoms with Gasteiger partial charge < -0.3 is 10.1 Å². The lowest BCUT2D eigenvalue weighted by molar-refractivity contribution is -0.118. The van der Waals surface area contributed by atoms with Gasteiger partial charge in [-0.15, -0.1) is 5.10 Å². The van der Waals surface area contributed by atoms with Crippen LogP contribution in [0.2, 0.25) is 10.0 Å². The van der Waals surface area contributed by atoms with Crippen LogP contribution in [0.5, 0.6) is 5.75 Å². The summed E-state index contributed by atoms with van der Waals surface area (Å²) in [6.07, 6.45) is 1.74. The molecule has 0 unspecified atom stereocenters. The second-order valence-corrected chi connectivity index (χ2v) is 7.03. The third-order valence-corrected chi connectivity index (χ3v) is 4.32. The van der Waals surface area contributed by atoms with Gasteiger partial charge in [-0.25, -0.2) is 4.68 Å². The van der Waals surface area contributed by atoms with Gasteiger partial charge in [-0.3, -0.25) is 4.79 Å². The van der Waals surface area contributed by atoms with Gasteiger partial charge >= 0.3 is 0 Å².